The minimum atomic E-state index is 0.249. The summed E-state index contributed by atoms with van der Waals surface area (Å²) in [5.74, 6) is 2.82. The van der Waals surface area contributed by atoms with Gasteiger partial charge in [-0.3, -0.25) is 9.89 Å². The minimum absolute atomic E-state index is 0.249. The van der Waals surface area contributed by atoms with Gasteiger partial charge in [-0.05, 0) is 43.8 Å². The van der Waals surface area contributed by atoms with Gasteiger partial charge in [0.25, 0.3) is 0 Å². The molecule has 3 rings (SSSR count). The van der Waals surface area contributed by atoms with Crippen LogP contribution in [0, 0.1) is 22.5 Å². The van der Waals surface area contributed by atoms with E-state index >= 15 is 0 Å². The molecule has 1 aromatic rings. The molecule has 0 saturated heterocycles. The number of hydrogen-bond acceptors (Lipinski definition) is 3. The van der Waals surface area contributed by atoms with Crippen LogP contribution >= 0.6 is 12.2 Å². The first-order valence-corrected chi connectivity index (χ1v) is 8.05. The Morgan fingerprint density at radius 1 is 1.45 bits per heavy atom. The number of carbonyl (C=O) groups is 1. The van der Waals surface area contributed by atoms with Crippen LogP contribution < -0.4 is 5.32 Å². The first-order valence-electron chi connectivity index (χ1n) is 7.64. The number of aromatic amines is 1. The molecule has 2 fully saturated rings. The molecule has 0 spiro atoms. The maximum absolute atomic E-state index is 12.2. The molecular formula is C14H22N4OS. The van der Waals surface area contributed by atoms with Gasteiger partial charge < -0.3 is 9.88 Å². The summed E-state index contributed by atoms with van der Waals surface area (Å²) >= 11 is 5.15. The van der Waals surface area contributed by atoms with Crippen molar-refractivity contribution < 1.29 is 4.79 Å². The van der Waals surface area contributed by atoms with Gasteiger partial charge in [0.15, 0.2) is 4.77 Å². The zero-order chi connectivity index (χ0) is 14.1. The molecule has 0 radical (unpaired) electrons. The Bertz CT molecular complexity index is 538. The van der Waals surface area contributed by atoms with Crippen LogP contribution in [0.25, 0.3) is 0 Å². The van der Waals surface area contributed by atoms with Gasteiger partial charge in [0, 0.05) is 25.4 Å². The number of H-pyrrole nitrogens is 1. The van der Waals surface area contributed by atoms with E-state index in [9.17, 15) is 4.79 Å². The lowest BCUT2D eigenvalue weighted by Gasteiger charge is -2.05. The van der Waals surface area contributed by atoms with Gasteiger partial charge in [-0.25, -0.2) is 0 Å². The highest BCUT2D eigenvalue weighted by atomic mass is 32.1. The molecule has 5 nitrogen and oxygen atoms in total. The summed E-state index contributed by atoms with van der Waals surface area (Å²) in [4.78, 5) is 12.2. The van der Waals surface area contributed by atoms with E-state index in [0.29, 0.717) is 29.1 Å². The first kappa shape index (κ1) is 13.8. The number of nitrogens with one attached hydrogen (secondary N) is 2. The number of fused-ring (bicyclic) bond motifs is 1. The molecular weight excluding hydrogens is 272 g/mol. The van der Waals surface area contributed by atoms with Crippen molar-refractivity contribution in [1.82, 2.24) is 20.1 Å². The monoisotopic (exact) mass is 294 g/mol. The first-order chi connectivity index (χ1) is 9.72. The van der Waals surface area contributed by atoms with E-state index in [2.05, 4.69) is 15.5 Å². The van der Waals surface area contributed by atoms with Crippen LogP contribution in [0.2, 0.25) is 0 Å². The number of nitrogens with zero attached hydrogens (tertiary/aromatic N) is 2. The second kappa shape index (κ2) is 5.68. The quantitative estimate of drug-likeness (QED) is 0.817. The van der Waals surface area contributed by atoms with Crippen LogP contribution in [0.1, 0.15) is 38.4 Å². The van der Waals surface area contributed by atoms with Crippen molar-refractivity contribution in [2.24, 2.45) is 17.8 Å². The molecule has 2 aliphatic carbocycles. The minimum Gasteiger partial charge on any atom is -0.355 e. The van der Waals surface area contributed by atoms with Crippen LogP contribution in [-0.4, -0.2) is 27.2 Å². The molecule has 110 valence electrons. The largest absolute Gasteiger partial charge is 0.355 e. The number of aromatic nitrogens is 3. The van der Waals surface area contributed by atoms with E-state index in [4.69, 9.17) is 12.2 Å². The number of carbonyl (C=O) groups excluding carboxylic acids is 1. The Hall–Kier alpha value is -1.17. The molecule has 1 aromatic heterocycles. The molecule has 0 unspecified atom stereocenters. The van der Waals surface area contributed by atoms with E-state index in [1.165, 1.54) is 25.7 Å². The normalized spacial score (nSPS) is 27.9. The predicted molar refractivity (Wildman–Crippen MR) is 78.7 cm³/mol. The van der Waals surface area contributed by atoms with E-state index < -0.39 is 0 Å². The van der Waals surface area contributed by atoms with Gasteiger partial charge in [-0.1, -0.05) is 12.8 Å². The van der Waals surface area contributed by atoms with Crippen LogP contribution in [-0.2, 0) is 17.8 Å². The van der Waals surface area contributed by atoms with E-state index in [0.717, 1.165) is 18.8 Å². The Kier molecular flexibility index (Phi) is 3.92. The average Bonchev–Trinajstić information content (AvgIpc) is 3.09. The third-order valence-corrected chi connectivity index (χ3v) is 5.07. The van der Waals surface area contributed by atoms with Crippen molar-refractivity contribution in [2.75, 3.05) is 6.54 Å². The lowest BCUT2D eigenvalue weighted by atomic mass is 10.0. The van der Waals surface area contributed by atoms with Gasteiger partial charge in [-0.2, -0.15) is 5.10 Å². The van der Waals surface area contributed by atoms with Gasteiger partial charge in [0.05, 0.1) is 0 Å². The van der Waals surface area contributed by atoms with Gasteiger partial charge >= 0.3 is 0 Å². The fraction of sp³-hybridized carbons (Fsp3) is 0.786. The summed E-state index contributed by atoms with van der Waals surface area (Å²) in [7, 11) is 0. The molecule has 1 amide bonds. The smallest absolute Gasteiger partial charge is 0.223 e. The van der Waals surface area contributed by atoms with Gasteiger partial charge in [0.2, 0.25) is 5.91 Å². The lowest BCUT2D eigenvalue weighted by molar-refractivity contribution is -0.122. The molecule has 0 aromatic carbocycles. The zero-order valence-electron chi connectivity index (χ0n) is 11.9. The van der Waals surface area contributed by atoms with Crippen molar-refractivity contribution in [3.8, 4) is 0 Å². The maximum atomic E-state index is 12.2. The van der Waals surface area contributed by atoms with E-state index in [-0.39, 0.29) is 5.91 Å². The zero-order valence-corrected chi connectivity index (χ0v) is 12.7. The SMILES string of the molecule is CCn1c(CCNC(=O)C2[C@@H]3CCCC[C@@H]23)n[nH]c1=S. The molecule has 1 heterocycles. The highest BCUT2D eigenvalue weighted by Crippen LogP contribution is 2.55. The Balaban J connectivity index is 1.48. The summed E-state index contributed by atoms with van der Waals surface area (Å²) in [6, 6.07) is 0. The molecule has 0 aliphatic heterocycles. The summed E-state index contributed by atoms with van der Waals surface area (Å²) in [5, 5.41) is 10.1. The third kappa shape index (κ3) is 2.53. The van der Waals surface area contributed by atoms with Crippen molar-refractivity contribution in [2.45, 2.75) is 45.6 Å². The van der Waals surface area contributed by atoms with Crippen molar-refractivity contribution in [3.63, 3.8) is 0 Å². The second-order valence-electron chi connectivity index (χ2n) is 5.87. The third-order valence-electron chi connectivity index (χ3n) is 4.76. The number of hydrogen-bond donors (Lipinski definition) is 2. The van der Waals surface area contributed by atoms with Crippen LogP contribution in [0.3, 0.4) is 0 Å². The standard InChI is InChI=1S/C14H22N4OS/c1-2-18-11(16-17-14(18)20)7-8-15-13(19)12-9-5-3-4-6-10(9)12/h9-10,12H,2-8H2,1H3,(H,15,19)(H,17,20)/t9-,10-/m1/s1. The topological polar surface area (TPSA) is 62.7 Å². The molecule has 2 aliphatic rings. The van der Waals surface area contributed by atoms with E-state index in [1.54, 1.807) is 0 Å². The molecule has 2 N–H and O–H groups in total. The summed E-state index contributed by atoms with van der Waals surface area (Å²) in [6.45, 7) is 3.50. The average molecular weight is 294 g/mol. The lowest BCUT2D eigenvalue weighted by Crippen LogP contribution is -2.28. The fourth-order valence-corrected chi connectivity index (χ4v) is 3.94. The molecule has 2 atom stereocenters. The molecule has 2 saturated carbocycles. The van der Waals surface area contributed by atoms with Crippen LogP contribution in [0.15, 0.2) is 0 Å². The highest BCUT2D eigenvalue weighted by molar-refractivity contribution is 7.71. The summed E-state index contributed by atoms with van der Waals surface area (Å²) < 4.78 is 2.63. The Morgan fingerprint density at radius 3 is 2.80 bits per heavy atom. The summed E-state index contributed by atoms with van der Waals surface area (Å²) in [5.41, 5.74) is 0. The van der Waals surface area contributed by atoms with Crippen LogP contribution in [0.4, 0.5) is 0 Å². The fourth-order valence-electron chi connectivity index (χ4n) is 3.66. The number of amides is 1. The Labute approximate surface area is 124 Å². The van der Waals surface area contributed by atoms with E-state index in [1.807, 2.05) is 11.5 Å². The second-order valence-corrected chi connectivity index (χ2v) is 6.25. The van der Waals surface area contributed by atoms with Crippen molar-refractivity contribution in [3.05, 3.63) is 10.6 Å². The molecule has 0 bridgehead atoms. The van der Waals surface area contributed by atoms with Gasteiger partial charge in [0.1, 0.15) is 5.82 Å². The predicted octanol–water partition coefficient (Wildman–Crippen LogP) is 2.06. The maximum Gasteiger partial charge on any atom is 0.223 e. The van der Waals surface area contributed by atoms with Crippen molar-refractivity contribution >= 4 is 18.1 Å². The molecule has 20 heavy (non-hydrogen) atoms. The Morgan fingerprint density at radius 2 is 2.15 bits per heavy atom. The highest BCUT2D eigenvalue weighted by Gasteiger charge is 2.54. The van der Waals surface area contributed by atoms with Crippen molar-refractivity contribution in [1.29, 1.82) is 0 Å². The van der Waals surface area contributed by atoms with Crippen LogP contribution in [0.5, 0.6) is 0 Å². The molecule has 6 heteroatoms. The van der Waals surface area contributed by atoms with Gasteiger partial charge in [-0.15, -0.1) is 0 Å². The number of rotatable bonds is 5. The summed E-state index contributed by atoms with van der Waals surface area (Å²) in [6.07, 6.45) is 5.83.